The van der Waals surface area contributed by atoms with Crippen LogP contribution in [0.1, 0.15) is 30.9 Å². The number of anilines is 1. The molecule has 3 rings (SSSR count). The molecule has 35 heavy (non-hydrogen) atoms. The van der Waals surface area contributed by atoms with Gasteiger partial charge in [0.15, 0.2) is 11.5 Å². The van der Waals surface area contributed by atoms with Gasteiger partial charge in [-0.15, -0.1) is 0 Å². The van der Waals surface area contributed by atoms with Crippen molar-refractivity contribution in [1.29, 1.82) is 0 Å². The highest BCUT2D eigenvalue weighted by molar-refractivity contribution is 6.00. The van der Waals surface area contributed by atoms with E-state index in [4.69, 9.17) is 23.7 Å². The zero-order chi connectivity index (χ0) is 25.5. The van der Waals surface area contributed by atoms with Crippen molar-refractivity contribution in [2.24, 2.45) is 0 Å². The molecule has 0 N–H and O–H groups in total. The third-order valence-electron chi connectivity index (χ3n) is 5.55. The molecule has 0 radical (unpaired) electrons. The molecule has 0 aliphatic carbocycles. The average Bonchev–Trinajstić information content (AvgIpc) is 2.87. The summed E-state index contributed by atoms with van der Waals surface area (Å²) < 4.78 is 27.2. The number of aryl methyl sites for hydroxylation is 1. The van der Waals surface area contributed by atoms with Crippen LogP contribution >= 0.6 is 0 Å². The number of carbonyl (C=O) groups is 2. The van der Waals surface area contributed by atoms with E-state index in [1.54, 1.807) is 43.3 Å². The van der Waals surface area contributed by atoms with E-state index in [0.717, 1.165) is 11.3 Å². The van der Waals surface area contributed by atoms with Crippen LogP contribution in [-0.2, 0) is 19.1 Å². The Hall–Kier alpha value is -3.94. The molecule has 0 aromatic heterocycles. The van der Waals surface area contributed by atoms with E-state index in [9.17, 15) is 9.59 Å². The summed E-state index contributed by atoms with van der Waals surface area (Å²) in [5, 5.41) is 0. The van der Waals surface area contributed by atoms with Crippen LogP contribution in [0.3, 0.4) is 0 Å². The van der Waals surface area contributed by atoms with Gasteiger partial charge < -0.3 is 28.6 Å². The first kappa shape index (κ1) is 25.7. The van der Waals surface area contributed by atoms with Gasteiger partial charge in [0.2, 0.25) is 5.75 Å². The molecular formula is C27H31NO7. The summed E-state index contributed by atoms with van der Waals surface area (Å²) in [6.45, 7) is 5.81. The normalized spacial score (nSPS) is 13.5. The van der Waals surface area contributed by atoms with Crippen molar-refractivity contribution in [3.63, 3.8) is 0 Å². The molecule has 0 saturated carbocycles. The number of nitrogens with zero attached hydrogens (tertiary/aromatic N) is 1. The van der Waals surface area contributed by atoms with E-state index in [1.165, 1.54) is 21.3 Å². The van der Waals surface area contributed by atoms with Crippen LogP contribution < -0.4 is 19.1 Å². The summed E-state index contributed by atoms with van der Waals surface area (Å²) in [6, 6.07) is 11.2. The predicted molar refractivity (Wildman–Crippen MR) is 132 cm³/mol. The van der Waals surface area contributed by atoms with Crippen LogP contribution in [0, 0.1) is 6.92 Å². The quantitative estimate of drug-likeness (QED) is 0.484. The van der Waals surface area contributed by atoms with Gasteiger partial charge in [0.1, 0.15) is 0 Å². The summed E-state index contributed by atoms with van der Waals surface area (Å²) >= 11 is 0. The van der Waals surface area contributed by atoms with Gasteiger partial charge in [0.05, 0.1) is 51.6 Å². The number of hydrogen-bond acceptors (Lipinski definition) is 8. The lowest BCUT2D eigenvalue weighted by atomic mass is 9.83. The smallest absolute Gasteiger partial charge is 0.336 e. The van der Waals surface area contributed by atoms with Crippen molar-refractivity contribution in [1.82, 2.24) is 0 Å². The zero-order valence-corrected chi connectivity index (χ0v) is 20.9. The highest BCUT2D eigenvalue weighted by atomic mass is 16.5. The lowest BCUT2D eigenvalue weighted by Crippen LogP contribution is -2.29. The summed E-state index contributed by atoms with van der Waals surface area (Å²) in [5.41, 5.74) is 2.99. The Morgan fingerprint density at radius 1 is 0.800 bits per heavy atom. The van der Waals surface area contributed by atoms with E-state index in [1.807, 2.05) is 31.2 Å². The first-order valence-electron chi connectivity index (χ1n) is 11.3. The molecule has 1 heterocycles. The summed E-state index contributed by atoms with van der Waals surface area (Å²) in [4.78, 5) is 28.1. The van der Waals surface area contributed by atoms with Gasteiger partial charge in [0.25, 0.3) is 0 Å². The fourth-order valence-corrected chi connectivity index (χ4v) is 3.92. The second-order valence-corrected chi connectivity index (χ2v) is 7.74. The van der Waals surface area contributed by atoms with Gasteiger partial charge in [0, 0.05) is 18.1 Å². The molecule has 0 spiro atoms. The fraction of sp³-hybridized carbons (Fsp3) is 0.333. The lowest BCUT2D eigenvalue weighted by Gasteiger charge is -2.31. The third kappa shape index (κ3) is 5.42. The molecule has 0 atom stereocenters. The van der Waals surface area contributed by atoms with E-state index in [-0.39, 0.29) is 24.4 Å². The third-order valence-corrected chi connectivity index (χ3v) is 5.55. The van der Waals surface area contributed by atoms with Gasteiger partial charge >= 0.3 is 11.9 Å². The molecule has 2 aromatic rings. The molecule has 0 bridgehead atoms. The first-order valence-corrected chi connectivity index (χ1v) is 11.3. The van der Waals surface area contributed by atoms with E-state index >= 15 is 0 Å². The van der Waals surface area contributed by atoms with E-state index in [2.05, 4.69) is 0 Å². The molecule has 0 unspecified atom stereocenters. The van der Waals surface area contributed by atoms with Crippen molar-refractivity contribution in [3.8, 4) is 17.2 Å². The predicted octanol–water partition coefficient (Wildman–Crippen LogP) is 4.52. The summed E-state index contributed by atoms with van der Waals surface area (Å²) in [5.74, 6) is -0.678. The second-order valence-electron chi connectivity index (χ2n) is 7.74. The van der Waals surface area contributed by atoms with Crippen molar-refractivity contribution >= 4 is 17.6 Å². The molecule has 8 nitrogen and oxygen atoms in total. The molecule has 1 aliphatic heterocycles. The number of esters is 2. The molecule has 1 aliphatic rings. The van der Waals surface area contributed by atoms with Crippen molar-refractivity contribution in [2.45, 2.75) is 26.7 Å². The lowest BCUT2D eigenvalue weighted by molar-refractivity contribution is -0.139. The van der Waals surface area contributed by atoms with Crippen molar-refractivity contribution in [2.75, 3.05) is 39.4 Å². The molecule has 0 saturated heterocycles. The van der Waals surface area contributed by atoms with Gasteiger partial charge in [-0.25, -0.2) is 9.59 Å². The van der Waals surface area contributed by atoms with Crippen molar-refractivity contribution < 1.29 is 33.3 Å². The molecule has 2 aromatic carbocycles. The van der Waals surface area contributed by atoms with Gasteiger partial charge in [-0.2, -0.15) is 0 Å². The van der Waals surface area contributed by atoms with Crippen molar-refractivity contribution in [3.05, 3.63) is 71.1 Å². The number of rotatable bonds is 9. The maximum atomic E-state index is 13.2. The van der Waals surface area contributed by atoms with Gasteiger partial charge in [-0.3, -0.25) is 0 Å². The van der Waals surface area contributed by atoms with Crippen LogP contribution in [0.4, 0.5) is 5.69 Å². The Bertz CT molecular complexity index is 1070. The highest BCUT2D eigenvalue weighted by Crippen LogP contribution is 2.45. The van der Waals surface area contributed by atoms with Crippen LogP contribution in [0.5, 0.6) is 17.2 Å². The standard InChI is InChI=1S/C27H31NO7/c1-7-34-26(29)20-15-28(19-11-9-17(3)10-12-19)16-21(27(30)35-8-2)24(20)18-13-22(31-4)25(33-6)23(14-18)32-5/h9-16,24H,7-8H2,1-6H3. The molecule has 0 amide bonds. The van der Waals surface area contributed by atoms with Crippen LogP contribution in [0.25, 0.3) is 0 Å². The topological polar surface area (TPSA) is 83.5 Å². The van der Waals surface area contributed by atoms with Gasteiger partial charge in [-0.05, 0) is 50.6 Å². The average molecular weight is 482 g/mol. The van der Waals surface area contributed by atoms with Crippen LogP contribution in [0.15, 0.2) is 59.9 Å². The molecule has 8 heteroatoms. The SMILES string of the molecule is CCOC(=O)C1=CN(c2ccc(C)cc2)C=C(C(=O)OCC)C1c1cc(OC)c(OC)c(OC)c1. The van der Waals surface area contributed by atoms with Crippen LogP contribution in [0.2, 0.25) is 0 Å². The maximum Gasteiger partial charge on any atom is 0.336 e. The van der Waals surface area contributed by atoms with Crippen LogP contribution in [-0.4, -0.2) is 46.5 Å². The van der Waals surface area contributed by atoms with E-state index < -0.39 is 17.9 Å². The highest BCUT2D eigenvalue weighted by Gasteiger charge is 2.37. The Kier molecular flexibility index (Phi) is 8.41. The Labute approximate surface area is 205 Å². The number of ether oxygens (including phenoxy) is 5. The van der Waals surface area contributed by atoms with Gasteiger partial charge in [-0.1, -0.05) is 17.7 Å². The zero-order valence-electron chi connectivity index (χ0n) is 20.9. The Morgan fingerprint density at radius 3 is 1.69 bits per heavy atom. The molecular weight excluding hydrogens is 450 g/mol. The minimum atomic E-state index is -0.788. The molecule has 186 valence electrons. The molecule has 0 fully saturated rings. The number of carbonyl (C=O) groups excluding carboxylic acids is 2. The number of methoxy groups -OCH3 is 3. The Balaban J connectivity index is 2.25. The number of benzene rings is 2. The largest absolute Gasteiger partial charge is 0.493 e. The monoisotopic (exact) mass is 481 g/mol. The fourth-order valence-electron chi connectivity index (χ4n) is 3.92. The maximum absolute atomic E-state index is 13.2. The minimum Gasteiger partial charge on any atom is -0.493 e. The minimum absolute atomic E-state index is 0.182. The second kappa shape index (κ2) is 11.5. The summed E-state index contributed by atoms with van der Waals surface area (Å²) in [7, 11) is 4.52. The van der Waals surface area contributed by atoms with E-state index in [0.29, 0.717) is 22.8 Å². The first-order chi connectivity index (χ1) is 16.9. The summed E-state index contributed by atoms with van der Waals surface area (Å²) in [6.07, 6.45) is 3.36. The Morgan fingerprint density at radius 2 is 1.29 bits per heavy atom. The number of hydrogen-bond donors (Lipinski definition) is 0.